The number of rotatable bonds is 3. The largest absolute Gasteiger partial charge is 0.454 e. The third-order valence-corrected chi connectivity index (χ3v) is 6.39. The van der Waals surface area contributed by atoms with Gasteiger partial charge in [0.15, 0.2) is 11.5 Å². The predicted octanol–water partition coefficient (Wildman–Crippen LogP) is 4.06. The molecule has 5 rings (SSSR count). The van der Waals surface area contributed by atoms with Crippen LogP contribution >= 0.6 is 15.9 Å². The molecule has 5 nitrogen and oxygen atoms in total. The van der Waals surface area contributed by atoms with Gasteiger partial charge in [-0.3, -0.25) is 0 Å². The maximum Gasteiger partial charge on any atom is 0.407 e. The van der Waals surface area contributed by atoms with E-state index in [1.165, 1.54) is 15.6 Å². The molecule has 1 amide bonds. The Hall–Kier alpha value is -2.21. The van der Waals surface area contributed by atoms with E-state index in [1.54, 1.807) is 0 Å². The van der Waals surface area contributed by atoms with Crippen molar-refractivity contribution in [2.24, 2.45) is 0 Å². The number of fused-ring (bicyclic) bond motifs is 3. The molecule has 1 fully saturated rings. The molecule has 2 aromatic rings. The van der Waals surface area contributed by atoms with Crippen LogP contribution in [0.1, 0.15) is 29.5 Å². The van der Waals surface area contributed by atoms with E-state index < -0.39 is 0 Å². The Labute approximate surface area is 159 Å². The Morgan fingerprint density at radius 1 is 1.27 bits per heavy atom. The third-order valence-electron chi connectivity index (χ3n) is 5.65. The summed E-state index contributed by atoms with van der Waals surface area (Å²) in [7, 11) is 0. The Morgan fingerprint density at radius 2 is 2.15 bits per heavy atom. The smallest absolute Gasteiger partial charge is 0.407 e. The first-order valence-electron chi connectivity index (χ1n) is 8.75. The van der Waals surface area contributed by atoms with Crippen molar-refractivity contribution >= 4 is 22.0 Å². The number of halogens is 1. The van der Waals surface area contributed by atoms with Gasteiger partial charge < -0.3 is 19.5 Å². The summed E-state index contributed by atoms with van der Waals surface area (Å²) in [6.45, 7) is 0.450. The zero-order valence-corrected chi connectivity index (χ0v) is 15.7. The van der Waals surface area contributed by atoms with Crippen molar-refractivity contribution in [3.63, 3.8) is 0 Å². The van der Waals surface area contributed by atoms with E-state index in [0.717, 1.165) is 30.6 Å². The summed E-state index contributed by atoms with van der Waals surface area (Å²) in [5, 5.41) is 3.04. The second kappa shape index (κ2) is 5.91. The normalized spacial score (nSPS) is 24.4. The lowest BCUT2D eigenvalue weighted by molar-refractivity contribution is 0.138. The fraction of sp³-hybridized carbons (Fsp3) is 0.350. The van der Waals surface area contributed by atoms with E-state index in [-0.39, 0.29) is 30.9 Å². The first-order chi connectivity index (χ1) is 12.7. The molecule has 1 spiro atoms. The topological polar surface area (TPSA) is 56.8 Å². The average molecular weight is 416 g/mol. The molecule has 6 heteroatoms. The quantitative estimate of drug-likeness (QED) is 0.820. The van der Waals surface area contributed by atoms with Crippen molar-refractivity contribution in [3.05, 3.63) is 57.6 Å². The highest BCUT2D eigenvalue weighted by atomic mass is 79.9. The molecule has 0 saturated heterocycles. The van der Waals surface area contributed by atoms with Gasteiger partial charge in [-0.1, -0.05) is 34.1 Å². The Kier molecular flexibility index (Phi) is 3.64. The number of nitrogens with one attached hydrogen (secondary N) is 1. The molecule has 1 N–H and O–H groups in total. The molecule has 2 aromatic carbocycles. The number of benzene rings is 2. The Bertz CT molecular complexity index is 899. The highest BCUT2D eigenvalue weighted by molar-refractivity contribution is 9.10. The fourth-order valence-electron chi connectivity index (χ4n) is 4.19. The Morgan fingerprint density at radius 3 is 3.08 bits per heavy atom. The van der Waals surface area contributed by atoms with Crippen molar-refractivity contribution in [1.29, 1.82) is 0 Å². The molecule has 26 heavy (non-hydrogen) atoms. The highest BCUT2D eigenvalue weighted by Gasteiger charge is 2.59. The van der Waals surface area contributed by atoms with Crippen LogP contribution in [0.3, 0.4) is 0 Å². The van der Waals surface area contributed by atoms with Crippen molar-refractivity contribution in [3.8, 4) is 11.5 Å². The van der Waals surface area contributed by atoms with Gasteiger partial charge in [0.25, 0.3) is 0 Å². The second-order valence-corrected chi connectivity index (χ2v) is 7.94. The van der Waals surface area contributed by atoms with Crippen LogP contribution in [0.2, 0.25) is 0 Å². The molecule has 2 aliphatic carbocycles. The molecule has 0 aromatic heterocycles. The molecular formula is C20H18BrNO4. The van der Waals surface area contributed by atoms with Crippen LogP contribution < -0.4 is 14.8 Å². The molecule has 134 valence electrons. The lowest BCUT2D eigenvalue weighted by atomic mass is 9.97. The molecule has 2 atom stereocenters. The van der Waals surface area contributed by atoms with Crippen LogP contribution in [-0.2, 0) is 23.2 Å². The van der Waals surface area contributed by atoms with Crippen LogP contribution in [0.15, 0.2) is 40.9 Å². The molecule has 1 aliphatic heterocycles. The Balaban J connectivity index is 1.20. The summed E-state index contributed by atoms with van der Waals surface area (Å²) in [5.41, 5.74) is 3.72. The van der Waals surface area contributed by atoms with E-state index in [4.69, 9.17) is 14.2 Å². The van der Waals surface area contributed by atoms with Crippen LogP contribution in [-0.4, -0.2) is 18.9 Å². The van der Waals surface area contributed by atoms with E-state index in [2.05, 4.69) is 39.4 Å². The second-order valence-electron chi connectivity index (χ2n) is 7.09. The number of carbonyl (C=O) groups is 1. The SMILES string of the molecule is O=C(NC1CC12CCc1c(Br)cccc12)OCc1ccc2c(c1)OCO2. The van der Waals surface area contributed by atoms with E-state index in [9.17, 15) is 4.79 Å². The molecular weight excluding hydrogens is 398 g/mol. The van der Waals surface area contributed by atoms with Gasteiger partial charge in [0.05, 0.1) is 0 Å². The van der Waals surface area contributed by atoms with Gasteiger partial charge >= 0.3 is 6.09 Å². The van der Waals surface area contributed by atoms with E-state index in [1.807, 2.05) is 18.2 Å². The maximum atomic E-state index is 12.2. The van der Waals surface area contributed by atoms with Gasteiger partial charge in [0, 0.05) is 15.9 Å². The molecule has 2 unspecified atom stereocenters. The first-order valence-corrected chi connectivity index (χ1v) is 9.55. The van der Waals surface area contributed by atoms with Crippen molar-refractivity contribution in [2.75, 3.05) is 6.79 Å². The molecule has 3 aliphatic rings. The molecule has 0 radical (unpaired) electrons. The van der Waals surface area contributed by atoms with Gasteiger partial charge in [0.2, 0.25) is 6.79 Å². The van der Waals surface area contributed by atoms with Gasteiger partial charge in [-0.05, 0) is 54.2 Å². The number of ether oxygens (including phenoxy) is 3. The summed E-state index contributed by atoms with van der Waals surface area (Å²) in [4.78, 5) is 12.2. The average Bonchev–Trinajstić information content (AvgIpc) is 2.97. The number of carbonyl (C=O) groups excluding carboxylic acids is 1. The summed E-state index contributed by atoms with van der Waals surface area (Å²) >= 11 is 3.64. The van der Waals surface area contributed by atoms with Crippen LogP contribution in [0.25, 0.3) is 0 Å². The number of hydrogen-bond donors (Lipinski definition) is 1. The lowest BCUT2D eigenvalue weighted by Crippen LogP contribution is -2.31. The molecule has 0 bridgehead atoms. The number of hydrogen-bond acceptors (Lipinski definition) is 4. The first kappa shape index (κ1) is 16.0. The minimum Gasteiger partial charge on any atom is -0.454 e. The zero-order valence-electron chi connectivity index (χ0n) is 14.1. The van der Waals surface area contributed by atoms with E-state index in [0.29, 0.717) is 5.75 Å². The monoisotopic (exact) mass is 415 g/mol. The highest BCUT2D eigenvalue weighted by Crippen LogP contribution is 2.57. The van der Waals surface area contributed by atoms with Crippen LogP contribution in [0.5, 0.6) is 11.5 Å². The maximum absolute atomic E-state index is 12.2. The van der Waals surface area contributed by atoms with Gasteiger partial charge in [0.1, 0.15) is 6.61 Å². The standard InChI is InChI=1S/C20H18BrNO4/c21-15-3-1-2-14-13(15)6-7-20(14)9-18(20)22-19(23)24-10-12-4-5-16-17(8-12)26-11-25-16/h1-5,8,18H,6-7,9-11H2,(H,22,23). The fourth-order valence-corrected chi connectivity index (χ4v) is 4.76. The number of amides is 1. The predicted molar refractivity (Wildman–Crippen MR) is 98.4 cm³/mol. The van der Waals surface area contributed by atoms with Gasteiger partial charge in [-0.25, -0.2) is 4.79 Å². The van der Waals surface area contributed by atoms with Gasteiger partial charge in [-0.2, -0.15) is 0 Å². The summed E-state index contributed by atoms with van der Waals surface area (Å²) < 4.78 is 17.2. The third kappa shape index (κ3) is 2.55. The lowest BCUT2D eigenvalue weighted by Gasteiger charge is -2.13. The van der Waals surface area contributed by atoms with Crippen molar-refractivity contribution < 1.29 is 19.0 Å². The summed E-state index contributed by atoms with van der Waals surface area (Å²) in [6.07, 6.45) is 2.75. The summed E-state index contributed by atoms with van der Waals surface area (Å²) in [6, 6.07) is 12.1. The van der Waals surface area contributed by atoms with E-state index >= 15 is 0 Å². The van der Waals surface area contributed by atoms with Crippen LogP contribution in [0, 0.1) is 0 Å². The minimum absolute atomic E-state index is 0.0941. The number of alkyl carbamates (subject to hydrolysis) is 1. The van der Waals surface area contributed by atoms with Crippen LogP contribution in [0.4, 0.5) is 4.79 Å². The van der Waals surface area contributed by atoms with Crippen molar-refractivity contribution in [2.45, 2.75) is 37.3 Å². The molecule has 1 heterocycles. The minimum atomic E-state index is -0.368. The summed E-state index contributed by atoms with van der Waals surface area (Å²) in [5.74, 6) is 1.42. The van der Waals surface area contributed by atoms with Crippen molar-refractivity contribution in [1.82, 2.24) is 5.32 Å². The van der Waals surface area contributed by atoms with Gasteiger partial charge in [-0.15, -0.1) is 0 Å². The zero-order chi connectivity index (χ0) is 17.7. The molecule has 1 saturated carbocycles.